The highest BCUT2D eigenvalue weighted by atomic mass is 28.2. The van der Waals surface area contributed by atoms with Crippen LogP contribution in [0.4, 0.5) is 0 Å². The minimum absolute atomic E-state index is 0.180. The predicted octanol–water partition coefficient (Wildman–Crippen LogP) is 0.0849. The lowest BCUT2D eigenvalue weighted by Crippen LogP contribution is -1.70. The van der Waals surface area contributed by atoms with Crippen LogP contribution in [0.15, 0.2) is 16.9 Å². The molecule has 0 fully saturated rings. The van der Waals surface area contributed by atoms with E-state index >= 15 is 0 Å². The van der Waals surface area contributed by atoms with Gasteiger partial charge < -0.3 is 0 Å². The van der Waals surface area contributed by atoms with Crippen LogP contribution in [0.5, 0.6) is 0 Å². The summed E-state index contributed by atoms with van der Waals surface area (Å²) in [6.45, 7) is 3.34. The average molecular weight is 97.1 g/mol. The van der Waals surface area contributed by atoms with E-state index in [4.69, 9.17) is 0 Å². The van der Waals surface area contributed by atoms with Gasteiger partial charge in [-0.1, -0.05) is 5.70 Å². The summed E-state index contributed by atoms with van der Waals surface area (Å²) < 4.78 is 3.19. The van der Waals surface area contributed by atoms with E-state index in [9.17, 15) is 4.79 Å². The number of hydrogen-bond donors (Lipinski definition) is 0. The molecule has 3 heteroatoms. The van der Waals surface area contributed by atoms with E-state index < -0.39 is 0 Å². The maximum atomic E-state index is 9.23. The van der Waals surface area contributed by atoms with Crippen LogP contribution in [-0.4, -0.2) is 15.8 Å². The van der Waals surface area contributed by atoms with Crippen LogP contribution in [0.3, 0.4) is 0 Å². The first-order valence-electron chi connectivity index (χ1n) is 1.35. The molecule has 0 spiro atoms. The topological polar surface area (TPSA) is 29.4 Å². The van der Waals surface area contributed by atoms with Crippen LogP contribution < -0.4 is 0 Å². The highest BCUT2D eigenvalue weighted by molar-refractivity contribution is 6.40. The van der Waals surface area contributed by atoms with Crippen molar-refractivity contribution < 1.29 is 4.79 Å². The van der Waals surface area contributed by atoms with E-state index in [0.29, 0.717) is 0 Å². The van der Waals surface area contributed by atoms with Crippen LogP contribution in [0.1, 0.15) is 0 Å². The predicted molar refractivity (Wildman–Crippen MR) is 24.1 cm³/mol. The molecule has 0 N–H and O–H groups in total. The monoisotopic (exact) mass is 97.0 g/mol. The summed E-state index contributed by atoms with van der Waals surface area (Å²) in [4.78, 5) is 9.23. The number of carbonyl (C=O) groups excluding carboxylic acids is 1. The third kappa shape index (κ3) is 3.34. The van der Waals surface area contributed by atoms with Crippen molar-refractivity contribution >= 4 is 15.8 Å². The number of isocyanates is 1. The molecule has 0 atom stereocenters. The first-order chi connectivity index (χ1) is 2.91. The molecular formula is C3H3NOSi. The van der Waals surface area contributed by atoms with Crippen LogP contribution in [0, 0.1) is 0 Å². The molecule has 0 aliphatic heterocycles. The van der Waals surface area contributed by atoms with Crippen LogP contribution >= 0.6 is 0 Å². The molecule has 0 unspecified atom stereocenters. The summed E-state index contributed by atoms with van der Waals surface area (Å²) in [5.41, 5.74) is 1.56. The van der Waals surface area contributed by atoms with Gasteiger partial charge in [-0.15, -0.1) is 6.58 Å². The molecule has 2 radical (unpaired) electrons. The zero-order valence-corrected chi connectivity index (χ0v) is 4.14. The Labute approximate surface area is 38.5 Å². The molecule has 0 aliphatic carbocycles. The van der Waals surface area contributed by atoms with Crippen molar-refractivity contribution in [3.05, 3.63) is 12.3 Å². The number of rotatable bonds is 2. The van der Waals surface area contributed by atoms with E-state index in [-0.39, 0.29) is 9.68 Å². The van der Waals surface area contributed by atoms with E-state index in [1.807, 2.05) is 0 Å². The Hall–Kier alpha value is -0.663. The summed E-state index contributed by atoms with van der Waals surface area (Å²) in [6.07, 6.45) is 1.38. The maximum absolute atomic E-state index is 9.23. The van der Waals surface area contributed by atoms with Gasteiger partial charge in [0.2, 0.25) is 6.08 Å². The highest BCUT2D eigenvalue weighted by Crippen LogP contribution is 1.55. The minimum Gasteiger partial charge on any atom is -0.244 e. The second-order valence-electron chi connectivity index (χ2n) is 0.536. The molecule has 6 heavy (non-hydrogen) atoms. The van der Waals surface area contributed by atoms with Crippen molar-refractivity contribution in [1.29, 1.82) is 0 Å². The third-order valence-electron chi connectivity index (χ3n) is 0.201. The summed E-state index contributed by atoms with van der Waals surface area (Å²) in [7, 11) is 0.180. The van der Waals surface area contributed by atoms with Gasteiger partial charge in [0, 0.05) is 0 Å². The van der Waals surface area contributed by atoms with E-state index in [1.165, 1.54) is 6.08 Å². The van der Waals surface area contributed by atoms with Gasteiger partial charge >= 0.3 is 0 Å². The molecule has 0 aromatic carbocycles. The Balaban J connectivity index is 3.07. The Morgan fingerprint density at radius 1 is 2.00 bits per heavy atom. The smallest absolute Gasteiger partial charge is 0.244 e. The first-order valence-corrected chi connectivity index (χ1v) is 2.37. The lowest BCUT2D eigenvalue weighted by atomic mass is 11.3. The first kappa shape index (κ1) is 5.34. The van der Waals surface area contributed by atoms with Crippen molar-refractivity contribution in [1.82, 2.24) is 0 Å². The molecule has 0 aromatic heterocycles. The molecule has 0 bridgehead atoms. The molecule has 0 heterocycles. The Kier molecular flexibility index (Phi) is 3.86. The minimum atomic E-state index is 0.180. The largest absolute Gasteiger partial charge is 0.258 e. The van der Waals surface area contributed by atoms with E-state index in [1.54, 1.807) is 5.70 Å². The zero-order chi connectivity index (χ0) is 4.83. The SMILES string of the molecule is C=C[Si]N=C=O. The molecule has 0 rings (SSSR count). The van der Waals surface area contributed by atoms with Gasteiger partial charge in [0.25, 0.3) is 9.68 Å². The van der Waals surface area contributed by atoms with Crippen molar-refractivity contribution in [2.24, 2.45) is 4.66 Å². The molecule has 0 amide bonds. The van der Waals surface area contributed by atoms with Gasteiger partial charge in [-0.2, -0.15) is 0 Å². The van der Waals surface area contributed by atoms with Gasteiger partial charge in [-0.25, -0.2) is 9.45 Å². The van der Waals surface area contributed by atoms with E-state index in [0.717, 1.165) is 0 Å². The normalized spacial score (nSPS) is 6.00. The Bertz CT molecular complexity index is 84.8. The zero-order valence-electron chi connectivity index (χ0n) is 3.14. The lowest BCUT2D eigenvalue weighted by Gasteiger charge is -1.59. The van der Waals surface area contributed by atoms with Crippen molar-refractivity contribution in [2.75, 3.05) is 0 Å². The van der Waals surface area contributed by atoms with Gasteiger partial charge in [-0.3, -0.25) is 0 Å². The van der Waals surface area contributed by atoms with Crippen molar-refractivity contribution in [3.63, 3.8) is 0 Å². The molecule has 0 saturated heterocycles. The highest BCUT2D eigenvalue weighted by Gasteiger charge is 1.64. The second kappa shape index (κ2) is 4.34. The quantitative estimate of drug-likeness (QED) is 0.273. The summed E-state index contributed by atoms with van der Waals surface area (Å²) in [5, 5.41) is 0. The van der Waals surface area contributed by atoms with Crippen molar-refractivity contribution in [2.45, 2.75) is 0 Å². The number of hydrogen-bond acceptors (Lipinski definition) is 2. The van der Waals surface area contributed by atoms with Gasteiger partial charge in [0.15, 0.2) is 0 Å². The number of nitrogens with zero attached hydrogens (tertiary/aromatic N) is 1. The van der Waals surface area contributed by atoms with Crippen LogP contribution in [0.2, 0.25) is 0 Å². The van der Waals surface area contributed by atoms with Gasteiger partial charge in [0.1, 0.15) is 0 Å². The fourth-order valence-corrected chi connectivity index (χ4v) is 0.216. The fourth-order valence-electron chi connectivity index (χ4n) is 0.0720. The third-order valence-corrected chi connectivity index (χ3v) is 0.604. The molecule has 0 saturated carbocycles. The van der Waals surface area contributed by atoms with Gasteiger partial charge in [-0.05, 0) is 0 Å². The summed E-state index contributed by atoms with van der Waals surface area (Å²) >= 11 is 0. The Morgan fingerprint density at radius 2 is 2.67 bits per heavy atom. The summed E-state index contributed by atoms with van der Waals surface area (Å²) in [6, 6.07) is 0. The average Bonchev–Trinajstić information content (AvgIpc) is 1.61. The Morgan fingerprint density at radius 3 is 2.83 bits per heavy atom. The standard InChI is InChI=1S/C3H3NOSi/c1-2-6-4-3-5/h2H,1H2. The molecule has 30 valence electrons. The lowest BCUT2D eigenvalue weighted by molar-refractivity contribution is 0.566. The van der Waals surface area contributed by atoms with Crippen LogP contribution in [0.25, 0.3) is 0 Å². The fraction of sp³-hybridized carbons (Fsp3) is 0. The maximum Gasteiger partial charge on any atom is 0.258 e. The molecular weight excluding hydrogens is 94.1 g/mol. The molecule has 0 aliphatic rings. The second-order valence-corrected chi connectivity index (χ2v) is 1.43. The van der Waals surface area contributed by atoms with Gasteiger partial charge in [0.05, 0.1) is 0 Å². The van der Waals surface area contributed by atoms with E-state index in [2.05, 4.69) is 11.2 Å². The van der Waals surface area contributed by atoms with Crippen molar-refractivity contribution in [3.8, 4) is 0 Å². The molecule has 0 aromatic rings. The molecule has 2 nitrogen and oxygen atoms in total. The van der Waals surface area contributed by atoms with Crippen LogP contribution in [-0.2, 0) is 4.79 Å². The summed E-state index contributed by atoms with van der Waals surface area (Å²) in [5.74, 6) is 0.